The number of aromatic amines is 1. The number of rotatable bonds is 3. The topological polar surface area (TPSA) is 70.9 Å². The van der Waals surface area contributed by atoms with Gasteiger partial charge in [-0.05, 0) is 24.6 Å². The van der Waals surface area contributed by atoms with E-state index in [-0.39, 0.29) is 0 Å². The predicted molar refractivity (Wildman–Crippen MR) is 92.6 cm³/mol. The summed E-state index contributed by atoms with van der Waals surface area (Å²) >= 11 is 0. The van der Waals surface area contributed by atoms with Gasteiger partial charge in [0.25, 0.3) is 0 Å². The van der Waals surface area contributed by atoms with E-state index in [1.807, 2.05) is 60.8 Å². The van der Waals surface area contributed by atoms with Crippen LogP contribution in [0.4, 0.5) is 0 Å². The Morgan fingerprint density at radius 2 is 1.79 bits per heavy atom. The van der Waals surface area contributed by atoms with Crippen LogP contribution in [0.2, 0.25) is 0 Å². The van der Waals surface area contributed by atoms with Crippen LogP contribution in [0, 0.1) is 6.92 Å². The molecule has 0 saturated heterocycles. The normalized spacial score (nSPS) is 11.0. The van der Waals surface area contributed by atoms with Gasteiger partial charge in [0.2, 0.25) is 5.95 Å². The number of carboxylic acid groups (broad SMARTS) is 1. The van der Waals surface area contributed by atoms with Crippen LogP contribution in [0.1, 0.15) is 16.1 Å². The van der Waals surface area contributed by atoms with Crippen molar-refractivity contribution in [2.75, 3.05) is 0 Å². The van der Waals surface area contributed by atoms with Crippen LogP contribution in [0.25, 0.3) is 28.1 Å². The second kappa shape index (κ2) is 5.38. The minimum absolute atomic E-state index is 0.293. The Balaban J connectivity index is 1.95. The number of carboxylic acids is 1. The maximum atomic E-state index is 11.8. The molecule has 2 aromatic carbocycles. The van der Waals surface area contributed by atoms with Crippen molar-refractivity contribution in [2.24, 2.45) is 0 Å². The average Bonchev–Trinajstić information content (AvgIpc) is 3.16. The number of carbonyl (C=O) groups is 1. The smallest absolute Gasteiger partial charge is 0.338 e. The SMILES string of the molecule is Cc1c(C(=O)O)c(-c2ccccc2)cn1-c1nc2ccccc2[nH]1. The van der Waals surface area contributed by atoms with E-state index in [1.54, 1.807) is 11.5 Å². The molecule has 4 aromatic rings. The van der Waals surface area contributed by atoms with Gasteiger partial charge in [-0.15, -0.1) is 0 Å². The number of imidazole rings is 1. The second-order valence-corrected chi connectivity index (χ2v) is 5.62. The van der Waals surface area contributed by atoms with Gasteiger partial charge in [0.15, 0.2) is 0 Å². The molecule has 0 atom stereocenters. The fraction of sp³-hybridized carbons (Fsp3) is 0.0526. The first-order valence-electron chi connectivity index (χ1n) is 7.61. The monoisotopic (exact) mass is 317 g/mol. The third-order valence-corrected chi connectivity index (χ3v) is 4.15. The fourth-order valence-electron chi connectivity index (χ4n) is 2.99. The number of aromatic carboxylic acids is 1. The van der Waals surface area contributed by atoms with Gasteiger partial charge in [-0.1, -0.05) is 42.5 Å². The Morgan fingerprint density at radius 1 is 1.08 bits per heavy atom. The van der Waals surface area contributed by atoms with Gasteiger partial charge in [0.05, 0.1) is 16.6 Å². The second-order valence-electron chi connectivity index (χ2n) is 5.62. The lowest BCUT2D eigenvalue weighted by Gasteiger charge is -2.01. The maximum absolute atomic E-state index is 11.8. The van der Waals surface area contributed by atoms with Crippen LogP contribution in [-0.4, -0.2) is 25.6 Å². The third-order valence-electron chi connectivity index (χ3n) is 4.15. The van der Waals surface area contributed by atoms with Crippen LogP contribution >= 0.6 is 0 Å². The first kappa shape index (κ1) is 14.3. The zero-order valence-electron chi connectivity index (χ0n) is 13.0. The van der Waals surface area contributed by atoms with E-state index in [4.69, 9.17) is 0 Å². The van der Waals surface area contributed by atoms with Crippen molar-refractivity contribution in [3.05, 3.63) is 72.1 Å². The molecule has 0 spiro atoms. The first-order valence-corrected chi connectivity index (χ1v) is 7.61. The van der Waals surface area contributed by atoms with E-state index < -0.39 is 5.97 Å². The molecular formula is C19H15N3O2. The van der Waals surface area contributed by atoms with Crippen molar-refractivity contribution in [3.8, 4) is 17.1 Å². The quantitative estimate of drug-likeness (QED) is 0.599. The lowest BCUT2D eigenvalue weighted by Crippen LogP contribution is -2.03. The molecule has 4 rings (SSSR count). The molecule has 5 heteroatoms. The van der Waals surface area contributed by atoms with Gasteiger partial charge in [-0.25, -0.2) is 9.78 Å². The lowest BCUT2D eigenvalue weighted by molar-refractivity contribution is 0.0697. The number of H-pyrrole nitrogens is 1. The molecule has 2 heterocycles. The number of hydrogen-bond acceptors (Lipinski definition) is 2. The van der Waals surface area contributed by atoms with E-state index in [0.717, 1.165) is 16.6 Å². The predicted octanol–water partition coefficient (Wildman–Crippen LogP) is 4.03. The van der Waals surface area contributed by atoms with Crippen molar-refractivity contribution in [2.45, 2.75) is 6.92 Å². The van der Waals surface area contributed by atoms with Crippen LogP contribution in [-0.2, 0) is 0 Å². The Morgan fingerprint density at radius 3 is 2.50 bits per heavy atom. The van der Waals surface area contributed by atoms with Crippen LogP contribution in [0.15, 0.2) is 60.8 Å². The zero-order valence-corrected chi connectivity index (χ0v) is 13.0. The molecule has 0 aliphatic rings. The number of nitrogens with one attached hydrogen (secondary N) is 1. The molecule has 0 unspecified atom stereocenters. The first-order chi connectivity index (χ1) is 11.6. The van der Waals surface area contributed by atoms with Gasteiger partial charge in [-0.3, -0.25) is 4.57 Å². The Kier molecular flexibility index (Phi) is 3.20. The standard InChI is InChI=1S/C19H15N3O2/c1-12-17(18(23)24)14(13-7-3-2-4-8-13)11-22(12)19-20-15-9-5-6-10-16(15)21-19/h2-11H,1H3,(H,20,21)(H,23,24). The molecule has 0 bridgehead atoms. The van der Waals surface area contributed by atoms with Gasteiger partial charge >= 0.3 is 5.97 Å². The van der Waals surface area contributed by atoms with Crippen molar-refractivity contribution in [3.63, 3.8) is 0 Å². The van der Waals surface area contributed by atoms with Crippen LogP contribution < -0.4 is 0 Å². The number of hydrogen-bond donors (Lipinski definition) is 2. The van der Waals surface area contributed by atoms with E-state index in [1.165, 1.54) is 0 Å². The summed E-state index contributed by atoms with van der Waals surface area (Å²) in [5, 5.41) is 9.66. The summed E-state index contributed by atoms with van der Waals surface area (Å²) in [6, 6.07) is 17.2. The van der Waals surface area contributed by atoms with E-state index in [0.29, 0.717) is 22.8 Å². The number of nitrogens with zero attached hydrogens (tertiary/aromatic N) is 2. The zero-order chi connectivity index (χ0) is 16.7. The molecule has 118 valence electrons. The third kappa shape index (κ3) is 2.18. The summed E-state index contributed by atoms with van der Waals surface area (Å²) in [7, 11) is 0. The highest BCUT2D eigenvalue weighted by molar-refractivity contribution is 5.97. The summed E-state index contributed by atoms with van der Waals surface area (Å²) in [5.74, 6) is -0.334. The molecule has 0 fully saturated rings. The molecule has 2 N–H and O–H groups in total. The van der Waals surface area contributed by atoms with Crippen LogP contribution in [0.3, 0.4) is 0 Å². The molecule has 0 saturated carbocycles. The van der Waals surface area contributed by atoms with Crippen molar-refractivity contribution >= 4 is 17.0 Å². The maximum Gasteiger partial charge on any atom is 0.338 e. The summed E-state index contributed by atoms with van der Waals surface area (Å²) in [6.45, 7) is 1.79. The highest BCUT2D eigenvalue weighted by Crippen LogP contribution is 2.30. The number of aromatic nitrogens is 3. The molecular weight excluding hydrogens is 302 g/mol. The minimum atomic E-state index is -0.943. The summed E-state index contributed by atoms with van der Waals surface area (Å²) in [5.41, 5.74) is 4.24. The molecule has 0 aliphatic heterocycles. The number of para-hydroxylation sites is 2. The Bertz CT molecular complexity index is 1010. The van der Waals surface area contributed by atoms with Gasteiger partial charge in [0, 0.05) is 17.5 Å². The Hall–Kier alpha value is -3.34. The highest BCUT2D eigenvalue weighted by Gasteiger charge is 2.21. The summed E-state index contributed by atoms with van der Waals surface area (Å²) < 4.78 is 1.80. The largest absolute Gasteiger partial charge is 0.478 e. The molecule has 0 aliphatic carbocycles. The summed E-state index contributed by atoms with van der Waals surface area (Å²) in [6.07, 6.45) is 1.83. The minimum Gasteiger partial charge on any atom is -0.478 e. The van der Waals surface area contributed by atoms with Crippen LogP contribution in [0.5, 0.6) is 0 Å². The number of fused-ring (bicyclic) bond motifs is 1. The van der Waals surface area contributed by atoms with Crippen molar-refractivity contribution in [1.82, 2.24) is 14.5 Å². The average molecular weight is 317 g/mol. The molecule has 5 nitrogen and oxygen atoms in total. The summed E-state index contributed by atoms with van der Waals surface area (Å²) in [4.78, 5) is 19.6. The van der Waals surface area contributed by atoms with E-state index in [9.17, 15) is 9.90 Å². The van der Waals surface area contributed by atoms with Crippen molar-refractivity contribution < 1.29 is 9.90 Å². The van der Waals surface area contributed by atoms with E-state index >= 15 is 0 Å². The van der Waals surface area contributed by atoms with Gasteiger partial charge < -0.3 is 10.1 Å². The van der Waals surface area contributed by atoms with Crippen molar-refractivity contribution in [1.29, 1.82) is 0 Å². The Labute approximate surface area is 138 Å². The van der Waals surface area contributed by atoms with Gasteiger partial charge in [0.1, 0.15) is 0 Å². The number of benzene rings is 2. The van der Waals surface area contributed by atoms with Gasteiger partial charge in [-0.2, -0.15) is 0 Å². The highest BCUT2D eigenvalue weighted by atomic mass is 16.4. The molecule has 0 radical (unpaired) electrons. The molecule has 2 aromatic heterocycles. The lowest BCUT2D eigenvalue weighted by atomic mass is 10.0. The fourth-order valence-corrected chi connectivity index (χ4v) is 2.99. The molecule has 0 amide bonds. The van der Waals surface area contributed by atoms with E-state index in [2.05, 4.69) is 9.97 Å². The molecule has 24 heavy (non-hydrogen) atoms.